The Hall–Kier alpha value is -5.82. The summed E-state index contributed by atoms with van der Waals surface area (Å²) in [7, 11) is -11.3. The maximum atomic E-state index is 13.2. The Bertz CT molecular complexity index is 2360. The van der Waals surface area contributed by atoms with Crippen molar-refractivity contribution >= 4 is 29.5 Å². The molecular formula is C39H27N3O6S3. The molecule has 1 heterocycles. The number of aromatic nitrogens is 3. The summed E-state index contributed by atoms with van der Waals surface area (Å²) in [6.07, 6.45) is 0. The highest BCUT2D eigenvalue weighted by Crippen LogP contribution is 2.30. The van der Waals surface area contributed by atoms with E-state index >= 15 is 0 Å². The molecule has 0 bridgehead atoms. The van der Waals surface area contributed by atoms with Crippen LogP contribution in [-0.2, 0) is 29.5 Å². The molecule has 0 N–H and O–H groups in total. The van der Waals surface area contributed by atoms with Crippen molar-refractivity contribution in [3.05, 3.63) is 164 Å². The lowest BCUT2D eigenvalue weighted by Gasteiger charge is -2.11. The lowest BCUT2D eigenvalue weighted by molar-refractivity contribution is 0.594. The topological polar surface area (TPSA) is 141 Å². The molecule has 7 aromatic rings. The van der Waals surface area contributed by atoms with Gasteiger partial charge in [0.2, 0.25) is 29.5 Å². The van der Waals surface area contributed by atoms with E-state index in [0.717, 1.165) is 0 Å². The number of benzene rings is 6. The van der Waals surface area contributed by atoms with E-state index in [-0.39, 0.29) is 46.8 Å². The highest BCUT2D eigenvalue weighted by Gasteiger charge is 2.21. The van der Waals surface area contributed by atoms with E-state index in [2.05, 4.69) is 15.0 Å². The standard InChI is InChI=1S/C39H27N3O6S3/c43-49(44,31-10-4-1-5-11-31)34-22-16-28(17-23-34)37-40-38(29-18-24-35(25-19-29)50(45,46)32-12-6-2-7-13-32)42-39(41-37)30-20-26-36(27-21-30)51(47,48)33-14-8-3-9-15-33/h1-27H. The number of nitrogens with zero attached hydrogens (tertiary/aromatic N) is 3. The summed E-state index contributed by atoms with van der Waals surface area (Å²) < 4.78 is 79.3. The minimum atomic E-state index is -3.76. The smallest absolute Gasteiger partial charge is 0.206 e. The second-order valence-corrected chi connectivity index (χ2v) is 17.2. The SMILES string of the molecule is O=S(=O)(c1ccccc1)c1ccc(-c2nc(-c3ccc(S(=O)(=O)c4ccccc4)cc3)nc(-c3ccc(S(=O)(=O)c4ccccc4)cc3)n2)cc1. The number of hydrogen-bond donors (Lipinski definition) is 0. The predicted molar refractivity (Wildman–Crippen MR) is 192 cm³/mol. The predicted octanol–water partition coefficient (Wildman–Crippen LogP) is 7.37. The quantitative estimate of drug-likeness (QED) is 0.149. The monoisotopic (exact) mass is 729 g/mol. The van der Waals surface area contributed by atoms with Crippen molar-refractivity contribution in [3.8, 4) is 34.2 Å². The Morgan fingerprint density at radius 3 is 0.667 bits per heavy atom. The van der Waals surface area contributed by atoms with Crippen LogP contribution in [0.15, 0.2) is 193 Å². The van der Waals surface area contributed by atoms with Gasteiger partial charge in [0.05, 0.1) is 29.4 Å². The van der Waals surface area contributed by atoms with E-state index in [0.29, 0.717) is 16.7 Å². The van der Waals surface area contributed by atoms with E-state index in [1.807, 2.05) is 0 Å². The Morgan fingerprint density at radius 1 is 0.255 bits per heavy atom. The molecule has 252 valence electrons. The molecule has 7 rings (SSSR count). The van der Waals surface area contributed by atoms with Crippen LogP contribution >= 0.6 is 0 Å². The van der Waals surface area contributed by atoms with Gasteiger partial charge in [-0.15, -0.1) is 0 Å². The summed E-state index contributed by atoms with van der Waals surface area (Å²) in [4.78, 5) is 14.8. The van der Waals surface area contributed by atoms with Crippen molar-refractivity contribution in [2.45, 2.75) is 29.4 Å². The normalized spacial score (nSPS) is 12.0. The van der Waals surface area contributed by atoms with E-state index in [1.54, 1.807) is 91.0 Å². The van der Waals surface area contributed by atoms with Crippen LogP contribution < -0.4 is 0 Å². The molecule has 9 nitrogen and oxygen atoms in total. The van der Waals surface area contributed by atoms with Gasteiger partial charge in [-0.25, -0.2) is 40.2 Å². The molecule has 0 atom stereocenters. The van der Waals surface area contributed by atoms with E-state index in [9.17, 15) is 25.3 Å². The van der Waals surface area contributed by atoms with Gasteiger partial charge in [-0.2, -0.15) is 0 Å². The first-order valence-corrected chi connectivity index (χ1v) is 20.0. The van der Waals surface area contributed by atoms with Crippen molar-refractivity contribution in [2.75, 3.05) is 0 Å². The molecule has 0 unspecified atom stereocenters. The number of sulfone groups is 3. The van der Waals surface area contributed by atoms with E-state index < -0.39 is 29.5 Å². The highest BCUT2D eigenvalue weighted by molar-refractivity contribution is 7.92. The third-order valence-corrected chi connectivity index (χ3v) is 13.4. The van der Waals surface area contributed by atoms with Gasteiger partial charge in [-0.05, 0) is 109 Å². The third-order valence-electron chi connectivity index (χ3n) is 8.06. The molecule has 0 aliphatic carbocycles. The second kappa shape index (κ2) is 13.5. The average molecular weight is 730 g/mol. The van der Waals surface area contributed by atoms with Gasteiger partial charge in [-0.3, -0.25) is 0 Å². The Kier molecular flexibility index (Phi) is 8.90. The van der Waals surface area contributed by atoms with Crippen LogP contribution in [0.25, 0.3) is 34.2 Å². The molecule has 6 aromatic carbocycles. The zero-order valence-electron chi connectivity index (χ0n) is 26.6. The largest absolute Gasteiger partial charge is 0.219 e. The van der Waals surface area contributed by atoms with Gasteiger partial charge in [-0.1, -0.05) is 54.6 Å². The average Bonchev–Trinajstić information content (AvgIpc) is 3.19. The molecule has 0 spiro atoms. The van der Waals surface area contributed by atoms with Crippen molar-refractivity contribution in [2.24, 2.45) is 0 Å². The van der Waals surface area contributed by atoms with Gasteiger partial charge in [0.25, 0.3) is 0 Å². The highest BCUT2D eigenvalue weighted by atomic mass is 32.2. The van der Waals surface area contributed by atoms with Crippen molar-refractivity contribution in [1.29, 1.82) is 0 Å². The maximum absolute atomic E-state index is 13.2. The molecule has 0 saturated carbocycles. The molecule has 0 aliphatic heterocycles. The second-order valence-electron chi connectivity index (χ2n) is 11.3. The molecule has 0 amide bonds. The van der Waals surface area contributed by atoms with Gasteiger partial charge >= 0.3 is 0 Å². The Balaban J connectivity index is 1.29. The Morgan fingerprint density at radius 2 is 0.451 bits per heavy atom. The fourth-order valence-electron chi connectivity index (χ4n) is 5.32. The van der Waals surface area contributed by atoms with Crippen LogP contribution in [0.1, 0.15) is 0 Å². The first-order valence-electron chi connectivity index (χ1n) is 15.5. The van der Waals surface area contributed by atoms with Crippen LogP contribution in [0.5, 0.6) is 0 Å². The first kappa shape index (κ1) is 33.7. The van der Waals surface area contributed by atoms with Crippen molar-refractivity contribution in [1.82, 2.24) is 15.0 Å². The maximum Gasteiger partial charge on any atom is 0.206 e. The van der Waals surface area contributed by atoms with E-state index in [4.69, 9.17) is 0 Å². The first-order chi connectivity index (χ1) is 24.5. The van der Waals surface area contributed by atoms with Crippen LogP contribution in [0.3, 0.4) is 0 Å². The summed E-state index contributed by atoms with van der Waals surface area (Å²) in [5, 5.41) is 0. The molecule has 51 heavy (non-hydrogen) atoms. The summed E-state index contributed by atoms with van der Waals surface area (Å²) in [6.45, 7) is 0. The van der Waals surface area contributed by atoms with Gasteiger partial charge in [0.1, 0.15) is 0 Å². The van der Waals surface area contributed by atoms with Crippen molar-refractivity contribution < 1.29 is 25.3 Å². The summed E-state index contributed by atoms with van der Waals surface area (Å²) in [5.74, 6) is 0.668. The summed E-state index contributed by atoms with van der Waals surface area (Å²) >= 11 is 0. The van der Waals surface area contributed by atoms with Crippen molar-refractivity contribution in [3.63, 3.8) is 0 Å². The Labute approximate surface area is 295 Å². The van der Waals surface area contributed by atoms with Crippen LogP contribution in [-0.4, -0.2) is 40.2 Å². The minimum Gasteiger partial charge on any atom is -0.219 e. The summed E-state index contributed by atoms with van der Waals surface area (Å²) in [6, 6.07) is 42.8. The zero-order valence-corrected chi connectivity index (χ0v) is 29.1. The van der Waals surface area contributed by atoms with Gasteiger partial charge in [0.15, 0.2) is 17.5 Å². The third kappa shape index (κ3) is 6.72. The lowest BCUT2D eigenvalue weighted by atomic mass is 10.1. The van der Waals surface area contributed by atoms with Crippen LogP contribution in [0, 0.1) is 0 Å². The molecule has 1 aromatic heterocycles. The molecule has 0 fully saturated rings. The molecule has 0 saturated heterocycles. The van der Waals surface area contributed by atoms with Gasteiger partial charge < -0.3 is 0 Å². The fraction of sp³-hybridized carbons (Fsp3) is 0. The van der Waals surface area contributed by atoms with Crippen LogP contribution in [0.2, 0.25) is 0 Å². The molecular weight excluding hydrogens is 703 g/mol. The molecule has 0 aliphatic rings. The lowest BCUT2D eigenvalue weighted by Crippen LogP contribution is -2.04. The fourth-order valence-corrected chi connectivity index (χ4v) is 9.17. The summed E-state index contributed by atoms with van der Waals surface area (Å²) in [5.41, 5.74) is 1.50. The van der Waals surface area contributed by atoms with Crippen LogP contribution in [0.4, 0.5) is 0 Å². The number of rotatable bonds is 9. The zero-order chi connectivity index (χ0) is 35.6. The molecule has 0 radical (unpaired) electrons. The number of hydrogen-bond acceptors (Lipinski definition) is 9. The van der Waals surface area contributed by atoms with Gasteiger partial charge in [0, 0.05) is 16.7 Å². The molecule has 12 heteroatoms. The van der Waals surface area contributed by atoms with E-state index in [1.165, 1.54) is 72.8 Å². The minimum absolute atomic E-state index is 0.0948.